The maximum Gasteiger partial charge on any atom is 0.348 e. The van der Waals surface area contributed by atoms with Crippen LogP contribution in [0.3, 0.4) is 0 Å². The second-order valence-corrected chi connectivity index (χ2v) is 13.7. The average Bonchev–Trinajstić information content (AvgIpc) is 3.58. The lowest BCUT2D eigenvalue weighted by Gasteiger charge is -2.29. The number of likely N-dealkylation sites (tertiary alicyclic amines) is 1. The predicted octanol–water partition coefficient (Wildman–Crippen LogP) is 6.57. The van der Waals surface area contributed by atoms with Gasteiger partial charge in [0.1, 0.15) is 27.1 Å². The Bertz CT molecular complexity index is 1660. The fourth-order valence-electron chi connectivity index (χ4n) is 5.60. The minimum absolute atomic E-state index is 0. The molecule has 3 N–H and O–H groups in total. The summed E-state index contributed by atoms with van der Waals surface area (Å²) in [7, 11) is 5.21. The van der Waals surface area contributed by atoms with Crippen LogP contribution in [0.25, 0.3) is 0 Å². The third-order valence-corrected chi connectivity index (χ3v) is 10.2. The number of hydrogen-bond donors (Lipinski definition) is 1. The lowest BCUT2D eigenvalue weighted by atomic mass is 9.98. The minimum Gasteiger partial charge on any atom is -0.870 e. The summed E-state index contributed by atoms with van der Waals surface area (Å²) in [4.78, 5) is 33.4. The van der Waals surface area contributed by atoms with E-state index in [9.17, 15) is 9.59 Å². The van der Waals surface area contributed by atoms with Gasteiger partial charge < -0.3 is 29.3 Å². The molecule has 4 aromatic rings. The molecule has 2 aromatic heterocycles. The Hall–Kier alpha value is -3.71. The SMILES string of the molecule is COc1ccc(C(Cc2c(Cl)c[nH+]cc2Cl)OC(=O)c2ccc(CNC(C(=O)OCC3CCN(C)CC3)c3ccccc3)s2)cc1OC.[OH-]. The molecule has 262 valence electrons. The molecule has 0 radical (unpaired) electrons. The van der Waals surface area contributed by atoms with Crippen LogP contribution in [-0.4, -0.2) is 63.3 Å². The molecule has 5 rings (SSSR count). The van der Waals surface area contributed by atoms with Crippen LogP contribution >= 0.6 is 34.5 Å². The smallest absolute Gasteiger partial charge is 0.348 e. The standard InChI is InChI=1S/C36H39Cl2N3O6S.H2O/c1-41-15-13-23(14-16-41)22-46-36(43)34(24-7-5-4-6-8-24)40-19-26-10-12-33(48-26)35(42)47-31(18-27-28(37)20-39-21-29(27)38)25-9-11-30(44-2)32(17-25)45-3;/h4-12,17,20-21,23,31,34,40H,13-16,18-19,22H2,1-3H3;1H2. The van der Waals surface area contributed by atoms with Crippen LogP contribution in [0.1, 0.15) is 56.2 Å². The van der Waals surface area contributed by atoms with E-state index < -0.39 is 18.1 Å². The van der Waals surface area contributed by atoms with Gasteiger partial charge in [0.15, 0.2) is 23.9 Å². The molecule has 1 aliphatic heterocycles. The summed E-state index contributed by atoms with van der Waals surface area (Å²) in [6, 6.07) is 17.8. The number of benzene rings is 2. The number of carbonyl (C=O) groups is 2. The van der Waals surface area contributed by atoms with Crippen molar-refractivity contribution in [2.45, 2.75) is 38.0 Å². The second kappa shape index (κ2) is 18.3. The normalized spacial score (nSPS) is 14.7. The average molecular weight is 731 g/mol. The van der Waals surface area contributed by atoms with Crippen molar-refractivity contribution in [2.75, 3.05) is 41.0 Å². The Morgan fingerprint density at radius 3 is 2.33 bits per heavy atom. The number of nitrogens with one attached hydrogen (secondary N) is 2. The molecule has 0 aliphatic carbocycles. The third kappa shape index (κ3) is 10.2. The molecule has 3 heterocycles. The molecular formula is C36H41Cl2N3O7S. The van der Waals surface area contributed by atoms with Crippen LogP contribution < -0.4 is 19.8 Å². The van der Waals surface area contributed by atoms with Crippen molar-refractivity contribution in [3.63, 3.8) is 0 Å². The van der Waals surface area contributed by atoms with Gasteiger partial charge in [-0.3, -0.25) is 5.32 Å². The summed E-state index contributed by atoms with van der Waals surface area (Å²) < 4.78 is 22.8. The third-order valence-electron chi connectivity index (χ3n) is 8.43. The number of aromatic nitrogens is 1. The number of ether oxygens (including phenoxy) is 4. The Morgan fingerprint density at radius 2 is 1.65 bits per heavy atom. The number of carbonyl (C=O) groups excluding carboxylic acids is 2. The predicted molar refractivity (Wildman–Crippen MR) is 188 cm³/mol. The van der Waals surface area contributed by atoms with Gasteiger partial charge in [0.25, 0.3) is 0 Å². The zero-order valence-corrected chi connectivity index (χ0v) is 29.9. The van der Waals surface area contributed by atoms with Gasteiger partial charge in [-0.15, -0.1) is 11.3 Å². The van der Waals surface area contributed by atoms with Gasteiger partial charge in [0.05, 0.1) is 20.8 Å². The highest BCUT2D eigenvalue weighted by molar-refractivity contribution is 7.13. The van der Waals surface area contributed by atoms with Crippen molar-refractivity contribution in [2.24, 2.45) is 5.92 Å². The Balaban J connectivity index is 0.00000541. The van der Waals surface area contributed by atoms with Crippen molar-refractivity contribution >= 4 is 46.5 Å². The van der Waals surface area contributed by atoms with E-state index in [2.05, 4.69) is 22.2 Å². The van der Waals surface area contributed by atoms with Crippen molar-refractivity contribution in [1.82, 2.24) is 10.2 Å². The number of H-pyrrole nitrogens is 1. The van der Waals surface area contributed by atoms with Gasteiger partial charge in [0, 0.05) is 23.4 Å². The van der Waals surface area contributed by atoms with E-state index >= 15 is 0 Å². The lowest BCUT2D eigenvalue weighted by Crippen LogP contribution is -2.34. The monoisotopic (exact) mass is 729 g/mol. The zero-order chi connectivity index (χ0) is 34.0. The molecule has 10 nitrogen and oxygen atoms in total. The number of aromatic amines is 1. The van der Waals surface area contributed by atoms with Crippen LogP contribution in [0.2, 0.25) is 10.0 Å². The first-order valence-electron chi connectivity index (χ1n) is 15.7. The largest absolute Gasteiger partial charge is 0.870 e. The van der Waals surface area contributed by atoms with Crippen LogP contribution in [0.15, 0.2) is 73.1 Å². The number of halogens is 2. The summed E-state index contributed by atoms with van der Waals surface area (Å²) in [5.74, 6) is 0.592. The van der Waals surface area contributed by atoms with E-state index in [0.29, 0.717) is 56.6 Å². The van der Waals surface area contributed by atoms with Crippen LogP contribution in [0, 0.1) is 5.92 Å². The fourth-order valence-corrected chi connectivity index (χ4v) is 6.98. The molecule has 0 bridgehead atoms. The van der Waals surface area contributed by atoms with Gasteiger partial charge in [-0.2, -0.15) is 0 Å². The first-order chi connectivity index (χ1) is 23.2. The van der Waals surface area contributed by atoms with Gasteiger partial charge in [0.2, 0.25) is 0 Å². The van der Waals surface area contributed by atoms with Gasteiger partial charge in [-0.25, -0.2) is 14.6 Å². The molecule has 2 atom stereocenters. The Labute approximate surface area is 300 Å². The van der Waals surface area contributed by atoms with Gasteiger partial charge in [-0.05, 0) is 74.3 Å². The maximum absolute atomic E-state index is 13.6. The van der Waals surface area contributed by atoms with Gasteiger partial charge >= 0.3 is 11.9 Å². The molecule has 2 unspecified atom stereocenters. The van der Waals surface area contributed by atoms with Crippen molar-refractivity contribution in [3.8, 4) is 11.5 Å². The number of pyridine rings is 1. The summed E-state index contributed by atoms with van der Waals surface area (Å²) in [5, 5.41) is 4.20. The molecule has 1 saturated heterocycles. The molecule has 0 spiro atoms. The molecule has 49 heavy (non-hydrogen) atoms. The molecule has 0 saturated carbocycles. The number of esters is 2. The first kappa shape index (κ1) is 38.1. The Morgan fingerprint density at radius 1 is 0.959 bits per heavy atom. The van der Waals surface area contributed by atoms with Crippen molar-refractivity contribution in [1.29, 1.82) is 0 Å². The zero-order valence-electron chi connectivity index (χ0n) is 27.6. The number of methoxy groups -OCH3 is 2. The topological polar surface area (TPSA) is 130 Å². The van der Waals surface area contributed by atoms with E-state index in [4.69, 9.17) is 42.1 Å². The number of rotatable bonds is 14. The number of hydrogen-bond acceptors (Lipinski definition) is 10. The van der Waals surface area contributed by atoms with Gasteiger partial charge in [-0.1, -0.05) is 59.6 Å². The summed E-state index contributed by atoms with van der Waals surface area (Å²) in [6.07, 6.45) is 4.77. The number of piperidine rings is 1. The Kier molecular flexibility index (Phi) is 14.3. The number of nitrogens with zero attached hydrogens (tertiary/aromatic N) is 1. The second-order valence-electron chi connectivity index (χ2n) is 11.7. The minimum atomic E-state index is -0.736. The van der Waals surface area contributed by atoms with Crippen LogP contribution in [0.4, 0.5) is 0 Å². The highest BCUT2D eigenvalue weighted by Crippen LogP contribution is 2.36. The summed E-state index contributed by atoms with van der Waals surface area (Å²) in [6.45, 7) is 2.78. The highest BCUT2D eigenvalue weighted by atomic mass is 35.5. The van der Waals surface area contributed by atoms with E-state index in [1.54, 1.807) is 44.8 Å². The maximum atomic E-state index is 13.6. The lowest BCUT2D eigenvalue weighted by molar-refractivity contribution is -0.377. The molecule has 0 amide bonds. The van der Waals surface area contributed by atoms with E-state index in [0.717, 1.165) is 36.4 Å². The molecule has 1 fully saturated rings. The van der Waals surface area contributed by atoms with E-state index in [-0.39, 0.29) is 17.9 Å². The van der Waals surface area contributed by atoms with Crippen molar-refractivity contribution in [3.05, 3.63) is 110 Å². The van der Waals surface area contributed by atoms with Crippen LogP contribution in [0.5, 0.6) is 11.5 Å². The summed E-state index contributed by atoms with van der Waals surface area (Å²) in [5.41, 5.74) is 2.13. The van der Waals surface area contributed by atoms with Crippen LogP contribution in [-0.2, 0) is 27.2 Å². The molecular weight excluding hydrogens is 689 g/mol. The first-order valence-corrected chi connectivity index (χ1v) is 17.3. The van der Waals surface area contributed by atoms with Crippen molar-refractivity contribution < 1.29 is 39.0 Å². The number of thiophene rings is 1. The molecule has 1 aliphatic rings. The van der Waals surface area contributed by atoms with E-state index in [1.165, 1.54) is 11.3 Å². The summed E-state index contributed by atoms with van der Waals surface area (Å²) >= 11 is 14.2. The fraction of sp³-hybridized carbons (Fsp3) is 0.361. The molecule has 13 heteroatoms. The van der Waals surface area contributed by atoms with E-state index in [1.807, 2.05) is 42.5 Å². The highest BCUT2D eigenvalue weighted by Gasteiger charge is 2.27. The quantitative estimate of drug-likeness (QED) is 0.143. The molecule has 2 aromatic carbocycles.